The summed E-state index contributed by atoms with van der Waals surface area (Å²) in [4.78, 5) is 18.2. The van der Waals surface area contributed by atoms with E-state index in [-0.39, 0.29) is 0 Å². The van der Waals surface area contributed by atoms with Crippen LogP contribution in [0.1, 0.15) is 25.2 Å². The van der Waals surface area contributed by atoms with Gasteiger partial charge in [0.15, 0.2) is 5.96 Å². The molecular weight excluding hydrogens is 346 g/mol. The quantitative estimate of drug-likeness (QED) is 0.615. The first-order chi connectivity index (χ1) is 12.8. The van der Waals surface area contributed by atoms with Crippen molar-refractivity contribution in [3.8, 4) is 0 Å². The van der Waals surface area contributed by atoms with Gasteiger partial charge in [0, 0.05) is 69.6 Å². The Morgan fingerprint density at radius 3 is 2.77 bits per heavy atom. The smallest absolute Gasteiger partial charge is 0.205 e. The lowest BCUT2D eigenvalue weighted by molar-refractivity contribution is 0.372. The maximum Gasteiger partial charge on any atom is 0.205 e. The van der Waals surface area contributed by atoms with E-state index < -0.39 is 0 Å². The van der Waals surface area contributed by atoms with Gasteiger partial charge in [0.05, 0.1) is 0 Å². The summed E-state index contributed by atoms with van der Waals surface area (Å²) in [6, 6.07) is 4.07. The van der Waals surface area contributed by atoms with Crippen molar-refractivity contribution in [2.24, 2.45) is 4.99 Å². The van der Waals surface area contributed by atoms with Gasteiger partial charge in [-0.3, -0.25) is 9.98 Å². The van der Waals surface area contributed by atoms with Crippen molar-refractivity contribution in [1.82, 2.24) is 24.6 Å². The van der Waals surface area contributed by atoms with E-state index in [0.717, 1.165) is 69.0 Å². The Morgan fingerprint density at radius 2 is 2.12 bits per heavy atom. The average Bonchev–Trinajstić information content (AvgIpc) is 3.18. The fourth-order valence-corrected chi connectivity index (χ4v) is 3.69. The van der Waals surface area contributed by atoms with Gasteiger partial charge in [0.2, 0.25) is 5.13 Å². The number of nitrogens with zero attached hydrogens (tertiary/aromatic N) is 6. The number of aromatic nitrogens is 3. The van der Waals surface area contributed by atoms with Crippen LogP contribution in [0.3, 0.4) is 0 Å². The molecule has 26 heavy (non-hydrogen) atoms. The monoisotopic (exact) mass is 373 g/mol. The minimum absolute atomic E-state index is 0.768. The van der Waals surface area contributed by atoms with Crippen LogP contribution in [0.2, 0.25) is 0 Å². The van der Waals surface area contributed by atoms with Crippen LogP contribution in [0.5, 0.6) is 0 Å². The molecule has 0 aliphatic carbocycles. The fraction of sp³-hybridized carbons (Fsp3) is 0.556. The van der Waals surface area contributed by atoms with Gasteiger partial charge in [0.1, 0.15) is 5.82 Å². The number of hydrogen-bond donors (Lipinski definition) is 1. The fourth-order valence-electron chi connectivity index (χ4n) is 2.89. The maximum atomic E-state index is 4.81. The van der Waals surface area contributed by atoms with Crippen molar-refractivity contribution < 1.29 is 0 Å². The van der Waals surface area contributed by atoms with Gasteiger partial charge >= 0.3 is 0 Å². The lowest BCUT2D eigenvalue weighted by Gasteiger charge is -2.36. The number of nitrogens with one attached hydrogen (secondary N) is 1. The summed E-state index contributed by atoms with van der Waals surface area (Å²) in [5, 5.41) is 4.46. The molecule has 0 spiro atoms. The van der Waals surface area contributed by atoms with Crippen LogP contribution >= 0.6 is 11.5 Å². The summed E-state index contributed by atoms with van der Waals surface area (Å²) < 4.78 is 4.40. The van der Waals surface area contributed by atoms with Gasteiger partial charge in [0.25, 0.3) is 0 Å². The highest BCUT2D eigenvalue weighted by molar-refractivity contribution is 7.09. The molecule has 2 aromatic rings. The molecule has 1 aliphatic heterocycles. The molecule has 0 unspecified atom stereocenters. The first kappa shape index (κ1) is 18.6. The molecule has 0 aromatic carbocycles. The first-order valence-corrected chi connectivity index (χ1v) is 10.1. The van der Waals surface area contributed by atoms with Crippen molar-refractivity contribution in [2.75, 3.05) is 44.2 Å². The number of piperazine rings is 1. The van der Waals surface area contributed by atoms with E-state index >= 15 is 0 Å². The maximum absolute atomic E-state index is 4.81. The second kappa shape index (κ2) is 9.47. The highest BCUT2D eigenvalue weighted by atomic mass is 32.1. The molecule has 3 rings (SSSR count). The molecule has 0 bridgehead atoms. The Kier molecular flexibility index (Phi) is 6.76. The summed E-state index contributed by atoms with van der Waals surface area (Å²) in [5.41, 5.74) is 1.22. The van der Waals surface area contributed by atoms with Gasteiger partial charge in [-0.15, -0.1) is 0 Å². The minimum atomic E-state index is 0.768. The van der Waals surface area contributed by atoms with Crippen LogP contribution in [-0.4, -0.2) is 64.5 Å². The summed E-state index contributed by atoms with van der Waals surface area (Å²) in [7, 11) is 0. The van der Waals surface area contributed by atoms with Crippen molar-refractivity contribution in [3.63, 3.8) is 0 Å². The Balaban J connectivity index is 1.54. The predicted molar refractivity (Wildman–Crippen MR) is 107 cm³/mol. The van der Waals surface area contributed by atoms with E-state index in [0.29, 0.717) is 0 Å². The van der Waals surface area contributed by atoms with Crippen molar-refractivity contribution >= 4 is 22.6 Å². The Morgan fingerprint density at radius 1 is 1.27 bits per heavy atom. The van der Waals surface area contributed by atoms with E-state index in [2.05, 4.69) is 49.4 Å². The van der Waals surface area contributed by atoms with Crippen molar-refractivity contribution in [2.45, 2.75) is 26.7 Å². The van der Waals surface area contributed by atoms with Crippen molar-refractivity contribution in [1.29, 1.82) is 0 Å². The second-order valence-corrected chi connectivity index (χ2v) is 6.90. The lowest BCUT2D eigenvalue weighted by Crippen LogP contribution is -2.52. The van der Waals surface area contributed by atoms with Crippen LogP contribution in [0.4, 0.5) is 5.13 Å². The van der Waals surface area contributed by atoms with E-state index in [1.54, 1.807) is 6.20 Å². The lowest BCUT2D eigenvalue weighted by atomic mass is 10.2. The summed E-state index contributed by atoms with van der Waals surface area (Å²) in [5.74, 6) is 1.94. The van der Waals surface area contributed by atoms with Crippen molar-refractivity contribution in [3.05, 3.63) is 35.9 Å². The highest BCUT2D eigenvalue weighted by Crippen LogP contribution is 2.19. The number of anilines is 1. The number of guanidine groups is 1. The Hall–Kier alpha value is -2.22. The molecule has 1 fully saturated rings. The van der Waals surface area contributed by atoms with Gasteiger partial charge in [-0.25, -0.2) is 4.98 Å². The number of aryl methyl sites for hydroxylation is 1. The molecule has 3 heterocycles. The SMILES string of the molecule is CCNC(=NCCc1cccnc1)N1CCN(c2nc(CC)ns2)CC1. The van der Waals surface area contributed by atoms with Crippen LogP contribution < -0.4 is 10.2 Å². The first-order valence-electron chi connectivity index (χ1n) is 9.29. The molecule has 1 aliphatic rings. The van der Waals surface area contributed by atoms with E-state index in [9.17, 15) is 0 Å². The molecular formula is C18H27N7S. The molecule has 1 N–H and O–H groups in total. The van der Waals surface area contributed by atoms with Crippen LogP contribution in [0.25, 0.3) is 0 Å². The normalized spacial score (nSPS) is 15.4. The van der Waals surface area contributed by atoms with Crippen LogP contribution in [0, 0.1) is 0 Å². The molecule has 0 radical (unpaired) electrons. The predicted octanol–water partition coefficient (Wildman–Crippen LogP) is 1.83. The van der Waals surface area contributed by atoms with Crippen LogP contribution in [-0.2, 0) is 12.8 Å². The number of pyridine rings is 1. The third-order valence-corrected chi connectivity index (χ3v) is 5.16. The number of aliphatic imine (C=N–C) groups is 1. The molecule has 0 saturated carbocycles. The second-order valence-electron chi connectivity index (χ2n) is 6.17. The number of hydrogen-bond acceptors (Lipinski definition) is 6. The summed E-state index contributed by atoms with van der Waals surface area (Å²) in [6.07, 6.45) is 5.52. The zero-order valence-corrected chi connectivity index (χ0v) is 16.4. The van der Waals surface area contributed by atoms with Gasteiger partial charge < -0.3 is 15.1 Å². The molecule has 0 atom stereocenters. The zero-order valence-electron chi connectivity index (χ0n) is 15.6. The molecule has 140 valence electrons. The molecule has 7 nitrogen and oxygen atoms in total. The molecule has 2 aromatic heterocycles. The Labute approximate surface area is 159 Å². The third-order valence-electron chi connectivity index (χ3n) is 4.34. The van der Waals surface area contributed by atoms with E-state index in [4.69, 9.17) is 4.99 Å². The topological polar surface area (TPSA) is 69.5 Å². The van der Waals surface area contributed by atoms with Gasteiger partial charge in [-0.2, -0.15) is 4.37 Å². The summed E-state index contributed by atoms with van der Waals surface area (Å²) in [6.45, 7) is 9.64. The van der Waals surface area contributed by atoms with Gasteiger partial charge in [-0.05, 0) is 25.0 Å². The highest BCUT2D eigenvalue weighted by Gasteiger charge is 2.21. The molecule has 8 heteroatoms. The van der Waals surface area contributed by atoms with E-state index in [1.165, 1.54) is 17.1 Å². The van der Waals surface area contributed by atoms with Gasteiger partial charge in [-0.1, -0.05) is 13.0 Å². The summed E-state index contributed by atoms with van der Waals surface area (Å²) >= 11 is 1.51. The van der Waals surface area contributed by atoms with E-state index in [1.807, 2.05) is 12.3 Å². The number of rotatable bonds is 6. The van der Waals surface area contributed by atoms with Crippen LogP contribution in [0.15, 0.2) is 29.5 Å². The third kappa shape index (κ3) is 4.91. The average molecular weight is 374 g/mol. The molecule has 1 saturated heterocycles. The Bertz CT molecular complexity index is 693. The molecule has 0 amide bonds. The standard InChI is InChI=1S/C18H27N7S/c1-3-16-22-18(26-23-16)25-12-10-24(11-13-25)17(20-4-2)21-9-7-15-6-5-8-19-14-15/h5-6,8,14H,3-4,7,9-13H2,1-2H3,(H,20,21). The minimum Gasteiger partial charge on any atom is -0.357 e. The largest absolute Gasteiger partial charge is 0.357 e. The zero-order chi connectivity index (χ0) is 18.2.